The smallest absolute Gasteiger partial charge is 0.123 e. The molecular formula is C16H24FN. The maximum absolute atomic E-state index is 13.2. The minimum atomic E-state index is -0.112. The van der Waals surface area contributed by atoms with Crippen LogP contribution in [-0.2, 0) is 6.42 Å². The monoisotopic (exact) mass is 249 g/mol. The van der Waals surface area contributed by atoms with Crippen molar-refractivity contribution in [2.75, 3.05) is 6.54 Å². The third kappa shape index (κ3) is 3.32. The molecule has 100 valence electrons. The molecule has 0 radical (unpaired) electrons. The molecule has 1 aliphatic carbocycles. The number of halogens is 1. The Morgan fingerprint density at radius 1 is 1.33 bits per heavy atom. The molecule has 2 heteroatoms. The van der Waals surface area contributed by atoms with Crippen molar-refractivity contribution < 1.29 is 4.39 Å². The second kappa shape index (κ2) is 6.33. The molecule has 0 amide bonds. The van der Waals surface area contributed by atoms with Gasteiger partial charge in [0, 0.05) is 6.04 Å². The third-order valence-corrected chi connectivity index (χ3v) is 4.27. The van der Waals surface area contributed by atoms with Gasteiger partial charge in [0.1, 0.15) is 5.82 Å². The first-order valence-electron chi connectivity index (χ1n) is 7.18. The van der Waals surface area contributed by atoms with E-state index in [0.717, 1.165) is 18.5 Å². The maximum atomic E-state index is 13.2. The molecule has 3 atom stereocenters. The van der Waals surface area contributed by atoms with Crippen molar-refractivity contribution in [1.29, 1.82) is 0 Å². The van der Waals surface area contributed by atoms with Crippen molar-refractivity contribution in [1.82, 2.24) is 5.32 Å². The predicted octanol–water partition coefficient (Wildman–Crippen LogP) is 3.78. The topological polar surface area (TPSA) is 12.0 Å². The molecule has 1 fully saturated rings. The lowest BCUT2D eigenvalue weighted by atomic mass is 9.89. The lowest BCUT2D eigenvalue weighted by molar-refractivity contribution is 0.351. The van der Waals surface area contributed by atoms with Crippen LogP contribution in [0.25, 0.3) is 0 Å². The van der Waals surface area contributed by atoms with E-state index in [2.05, 4.69) is 19.2 Å². The van der Waals surface area contributed by atoms with Crippen molar-refractivity contribution in [2.45, 2.75) is 45.6 Å². The van der Waals surface area contributed by atoms with Gasteiger partial charge in [-0.2, -0.15) is 0 Å². The summed E-state index contributed by atoms with van der Waals surface area (Å²) in [4.78, 5) is 0. The van der Waals surface area contributed by atoms with E-state index in [4.69, 9.17) is 0 Å². The summed E-state index contributed by atoms with van der Waals surface area (Å²) in [6, 6.07) is 7.72. The Bertz CT molecular complexity index is 377. The van der Waals surface area contributed by atoms with E-state index in [9.17, 15) is 4.39 Å². The standard InChI is InChI=1S/C16H24FN/c1-3-9-18-16-8-7-14(12(16)2)10-13-5-4-6-15(17)11-13/h4-6,11-12,14,16,18H,3,7-10H2,1-2H3. The molecule has 0 heterocycles. The van der Waals surface area contributed by atoms with Crippen molar-refractivity contribution in [3.8, 4) is 0 Å². The Balaban J connectivity index is 1.91. The van der Waals surface area contributed by atoms with E-state index >= 15 is 0 Å². The number of nitrogens with one attached hydrogen (secondary N) is 1. The Labute approximate surface area is 110 Å². The molecule has 3 unspecified atom stereocenters. The van der Waals surface area contributed by atoms with Gasteiger partial charge in [-0.3, -0.25) is 0 Å². The molecule has 0 aliphatic heterocycles. The Kier molecular flexibility index (Phi) is 4.76. The van der Waals surface area contributed by atoms with Gasteiger partial charge in [0.2, 0.25) is 0 Å². The molecule has 1 aromatic carbocycles. The van der Waals surface area contributed by atoms with Gasteiger partial charge in [-0.15, -0.1) is 0 Å². The molecule has 0 spiro atoms. The Hall–Kier alpha value is -0.890. The Morgan fingerprint density at radius 2 is 2.17 bits per heavy atom. The molecule has 1 saturated carbocycles. The van der Waals surface area contributed by atoms with Crippen LogP contribution in [0.1, 0.15) is 38.7 Å². The Morgan fingerprint density at radius 3 is 2.89 bits per heavy atom. The highest BCUT2D eigenvalue weighted by molar-refractivity contribution is 5.17. The van der Waals surface area contributed by atoms with Crippen LogP contribution in [0.2, 0.25) is 0 Å². The van der Waals surface area contributed by atoms with E-state index in [-0.39, 0.29) is 5.82 Å². The van der Waals surface area contributed by atoms with Gasteiger partial charge in [-0.05, 0) is 61.8 Å². The lowest BCUT2D eigenvalue weighted by Crippen LogP contribution is -2.33. The fourth-order valence-corrected chi connectivity index (χ4v) is 3.12. The lowest BCUT2D eigenvalue weighted by Gasteiger charge is -2.21. The van der Waals surface area contributed by atoms with E-state index in [1.54, 1.807) is 6.07 Å². The average molecular weight is 249 g/mol. The van der Waals surface area contributed by atoms with Gasteiger partial charge in [0.05, 0.1) is 0 Å². The summed E-state index contributed by atoms with van der Waals surface area (Å²) in [5, 5.41) is 3.63. The van der Waals surface area contributed by atoms with Gasteiger partial charge < -0.3 is 5.32 Å². The first-order chi connectivity index (χ1) is 8.70. The van der Waals surface area contributed by atoms with E-state index in [1.807, 2.05) is 12.1 Å². The van der Waals surface area contributed by atoms with Gasteiger partial charge in [0.15, 0.2) is 0 Å². The highest BCUT2D eigenvalue weighted by Crippen LogP contribution is 2.34. The zero-order chi connectivity index (χ0) is 13.0. The summed E-state index contributed by atoms with van der Waals surface area (Å²) in [5.41, 5.74) is 1.14. The summed E-state index contributed by atoms with van der Waals surface area (Å²) in [6.45, 7) is 5.66. The second-order valence-electron chi connectivity index (χ2n) is 5.59. The van der Waals surface area contributed by atoms with Crippen LogP contribution in [0, 0.1) is 17.7 Å². The summed E-state index contributed by atoms with van der Waals surface area (Å²) < 4.78 is 13.2. The van der Waals surface area contributed by atoms with Crippen molar-refractivity contribution >= 4 is 0 Å². The highest BCUT2D eigenvalue weighted by Gasteiger charge is 2.31. The molecular weight excluding hydrogens is 225 g/mol. The molecule has 0 bridgehead atoms. The SMILES string of the molecule is CCCNC1CCC(Cc2cccc(F)c2)C1C. The zero-order valence-electron chi connectivity index (χ0n) is 11.5. The maximum Gasteiger partial charge on any atom is 0.123 e. The van der Waals surface area contributed by atoms with Crippen molar-refractivity contribution in [2.24, 2.45) is 11.8 Å². The quantitative estimate of drug-likeness (QED) is 0.837. The van der Waals surface area contributed by atoms with Gasteiger partial charge in [-0.1, -0.05) is 26.0 Å². The molecule has 18 heavy (non-hydrogen) atoms. The first kappa shape index (κ1) is 13.5. The van der Waals surface area contributed by atoms with Crippen LogP contribution in [0.5, 0.6) is 0 Å². The minimum absolute atomic E-state index is 0.112. The summed E-state index contributed by atoms with van der Waals surface area (Å²) in [5.74, 6) is 1.28. The zero-order valence-corrected chi connectivity index (χ0v) is 11.5. The van der Waals surface area contributed by atoms with Gasteiger partial charge in [0.25, 0.3) is 0 Å². The van der Waals surface area contributed by atoms with Crippen LogP contribution in [0.15, 0.2) is 24.3 Å². The summed E-state index contributed by atoms with van der Waals surface area (Å²) >= 11 is 0. The van der Waals surface area contributed by atoms with E-state index < -0.39 is 0 Å². The predicted molar refractivity (Wildman–Crippen MR) is 74.1 cm³/mol. The fourth-order valence-electron chi connectivity index (χ4n) is 3.12. The molecule has 1 aromatic rings. The van der Waals surface area contributed by atoms with Crippen molar-refractivity contribution in [3.63, 3.8) is 0 Å². The van der Waals surface area contributed by atoms with Gasteiger partial charge in [-0.25, -0.2) is 4.39 Å². The summed E-state index contributed by atoms with van der Waals surface area (Å²) in [7, 11) is 0. The van der Waals surface area contributed by atoms with E-state index in [1.165, 1.54) is 25.3 Å². The number of benzene rings is 1. The van der Waals surface area contributed by atoms with Crippen LogP contribution >= 0.6 is 0 Å². The molecule has 2 rings (SSSR count). The van der Waals surface area contributed by atoms with E-state index in [0.29, 0.717) is 17.9 Å². The van der Waals surface area contributed by atoms with Crippen LogP contribution in [0.4, 0.5) is 4.39 Å². The largest absolute Gasteiger partial charge is 0.314 e. The van der Waals surface area contributed by atoms with Crippen molar-refractivity contribution in [3.05, 3.63) is 35.6 Å². The molecule has 1 nitrogen and oxygen atoms in total. The average Bonchev–Trinajstić information content (AvgIpc) is 2.69. The molecule has 0 saturated heterocycles. The van der Waals surface area contributed by atoms with Gasteiger partial charge >= 0.3 is 0 Å². The number of hydrogen-bond acceptors (Lipinski definition) is 1. The fraction of sp³-hybridized carbons (Fsp3) is 0.625. The summed E-state index contributed by atoms with van der Waals surface area (Å²) in [6.07, 6.45) is 4.74. The third-order valence-electron chi connectivity index (χ3n) is 4.27. The highest BCUT2D eigenvalue weighted by atomic mass is 19.1. The minimum Gasteiger partial charge on any atom is -0.314 e. The number of hydrogen-bond donors (Lipinski definition) is 1. The molecule has 0 aromatic heterocycles. The van der Waals surface area contributed by atoms with Crippen LogP contribution in [0.3, 0.4) is 0 Å². The van der Waals surface area contributed by atoms with Crippen LogP contribution < -0.4 is 5.32 Å². The molecule has 1 aliphatic rings. The first-order valence-corrected chi connectivity index (χ1v) is 7.18. The number of rotatable bonds is 5. The normalized spacial score (nSPS) is 27.6. The molecule has 1 N–H and O–H groups in total. The second-order valence-corrected chi connectivity index (χ2v) is 5.59. The van der Waals surface area contributed by atoms with Crippen LogP contribution in [-0.4, -0.2) is 12.6 Å².